The lowest BCUT2D eigenvalue weighted by Gasteiger charge is -2.34. The number of carbonyl (C=O) groups excluding carboxylic acids is 2. The van der Waals surface area contributed by atoms with Crippen LogP contribution >= 0.6 is 7.75 Å². The molecule has 0 bridgehead atoms. The molecule has 0 spiro atoms. The number of hydrogen-bond acceptors (Lipinski definition) is 12. The van der Waals surface area contributed by atoms with Gasteiger partial charge in [0.2, 0.25) is 5.60 Å². The Morgan fingerprint density at radius 3 is 2.49 bits per heavy atom. The third-order valence-corrected chi connectivity index (χ3v) is 9.92. The van der Waals surface area contributed by atoms with E-state index in [0.29, 0.717) is 5.52 Å². The summed E-state index contributed by atoms with van der Waals surface area (Å²) < 4.78 is 44.6. The number of nitrogens with one attached hydrogen (secondary N) is 2. The molecule has 3 aromatic rings. The van der Waals surface area contributed by atoms with E-state index < -0.39 is 61.7 Å². The molecule has 0 amide bonds. The first-order valence-corrected chi connectivity index (χ1v) is 17.0. The molecule has 6 atom stereocenters. The molecule has 2 aromatic heterocycles. The Hall–Kier alpha value is -3.93. The Labute approximate surface area is 273 Å². The number of hydrogen-bond donors (Lipinski definition) is 4. The number of carbonyl (C=O) groups is 2. The molecule has 1 fully saturated rings. The van der Waals surface area contributed by atoms with E-state index >= 15 is 0 Å². The number of benzene rings is 1. The Balaban J connectivity index is 1.66. The maximum atomic E-state index is 14.3. The van der Waals surface area contributed by atoms with Gasteiger partial charge in [-0.3, -0.25) is 14.1 Å². The maximum Gasteiger partial charge on any atom is 0.459 e. The minimum Gasteiger partial charge on any atom is -0.464 e. The molecule has 15 nitrogen and oxygen atoms in total. The Kier molecular flexibility index (Phi) is 11.0. The minimum absolute atomic E-state index is 0.118. The van der Waals surface area contributed by atoms with Gasteiger partial charge in [0, 0.05) is 0 Å². The van der Waals surface area contributed by atoms with Crippen LogP contribution in [0.15, 0.2) is 42.5 Å². The topological polar surface area (TPSA) is 213 Å². The molecule has 1 unspecified atom stereocenters. The highest BCUT2D eigenvalue weighted by atomic mass is 31.2. The van der Waals surface area contributed by atoms with Crippen molar-refractivity contribution >= 4 is 31.0 Å². The number of H-pyrrole nitrogens is 1. The summed E-state index contributed by atoms with van der Waals surface area (Å²) in [7, 11) is -4.41. The average Bonchev–Trinajstić information content (AvgIpc) is 3.69. The summed E-state index contributed by atoms with van der Waals surface area (Å²) in [6, 6.07) is 12.2. The smallest absolute Gasteiger partial charge is 0.459 e. The van der Waals surface area contributed by atoms with Crippen LogP contribution < -0.4 is 15.3 Å². The second-order valence-corrected chi connectivity index (χ2v) is 13.7. The van der Waals surface area contributed by atoms with Crippen LogP contribution in [0.3, 0.4) is 0 Å². The van der Waals surface area contributed by atoms with E-state index in [1.165, 1.54) is 24.4 Å². The van der Waals surface area contributed by atoms with Crippen molar-refractivity contribution in [2.75, 3.05) is 18.9 Å². The Morgan fingerprint density at radius 2 is 1.87 bits per heavy atom. The molecule has 0 radical (unpaired) electrons. The number of nitrogens with zero attached hydrogens (tertiary/aromatic N) is 3. The molecule has 3 heterocycles. The lowest BCUT2D eigenvalue weighted by molar-refractivity contribution is -0.168. The van der Waals surface area contributed by atoms with E-state index in [0.717, 1.165) is 12.8 Å². The predicted molar refractivity (Wildman–Crippen MR) is 170 cm³/mol. The number of para-hydroxylation sites is 1. The summed E-state index contributed by atoms with van der Waals surface area (Å²) >= 11 is 0. The van der Waals surface area contributed by atoms with Crippen LogP contribution in [-0.4, -0.2) is 68.9 Å². The number of aromatic nitrogens is 3. The zero-order valence-corrected chi connectivity index (χ0v) is 28.2. The second-order valence-electron chi connectivity index (χ2n) is 12.0. The number of anilines is 1. The number of esters is 2. The van der Waals surface area contributed by atoms with Gasteiger partial charge in [0.25, 0.3) is 0 Å². The number of fused-ring (bicyclic) bond motifs is 1. The molecule has 1 aliphatic rings. The summed E-state index contributed by atoms with van der Waals surface area (Å²) in [5.41, 5.74) is 2.14. The van der Waals surface area contributed by atoms with Gasteiger partial charge >= 0.3 is 19.7 Å². The van der Waals surface area contributed by atoms with Gasteiger partial charge in [-0.05, 0) is 44.0 Å². The number of ether oxygens (including phenoxy) is 3. The van der Waals surface area contributed by atoms with Crippen molar-refractivity contribution in [3.63, 3.8) is 0 Å². The van der Waals surface area contributed by atoms with Crippen LogP contribution in [0.2, 0.25) is 0 Å². The van der Waals surface area contributed by atoms with Crippen LogP contribution in [0.4, 0.5) is 5.82 Å². The summed E-state index contributed by atoms with van der Waals surface area (Å²) in [6.07, 6.45) is -1.20. The van der Waals surface area contributed by atoms with Crippen molar-refractivity contribution in [3.05, 3.63) is 48.2 Å². The molecule has 256 valence electrons. The zero-order chi connectivity index (χ0) is 34.6. The molecule has 47 heavy (non-hydrogen) atoms. The van der Waals surface area contributed by atoms with Gasteiger partial charge in [0.05, 0.1) is 24.8 Å². The van der Waals surface area contributed by atoms with Gasteiger partial charge in [0.1, 0.15) is 35.1 Å². The molecule has 5 N–H and O–H groups in total. The molecule has 0 aliphatic carbocycles. The van der Waals surface area contributed by atoms with Crippen molar-refractivity contribution in [1.29, 1.82) is 5.26 Å². The van der Waals surface area contributed by atoms with Gasteiger partial charge in [-0.1, -0.05) is 58.7 Å². The maximum absolute atomic E-state index is 14.3. The second kappa shape index (κ2) is 14.5. The fourth-order valence-electron chi connectivity index (χ4n) is 5.26. The van der Waals surface area contributed by atoms with E-state index in [1.54, 1.807) is 50.2 Å². The van der Waals surface area contributed by atoms with Gasteiger partial charge in [-0.2, -0.15) is 10.3 Å². The summed E-state index contributed by atoms with van der Waals surface area (Å²) in [6.45, 7) is 9.55. The van der Waals surface area contributed by atoms with Crippen molar-refractivity contribution in [2.24, 2.45) is 11.8 Å². The highest BCUT2D eigenvalue weighted by Gasteiger charge is 2.67. The molecule has 0 saturated carbocycles. The molecule has 1 aromatic carbocycles. The highest BCUT2D eigenvalue weighted by Crippen LogP contribution is 2.51. The standard InChI is InChI=1S/C31H43N6O9P/c1-7-21(8-2)16-42-29(39)20(5)35-47(41,46-22-12-10-9-11-13-22)43-17-24-26(44-28(38)19(3)4)30(6,40)31(18-32,45-24)25-15-14-23-27(33)34-36-37(23)25/h9-15,19-21,24,26,36,40H,7-8,16-17H2,1-6H3,(H2,33,34)(H,35,41)/t20-,24+,26+,30+,31-,47?/m0/s1. The fraction of sp³-hybridized carbons (Fsp3) is 0.548. The van der Waals surface area contributed by atoms with E-state index in [1.807, 2.05) is 19.9 Å². The number of nitrogen functional groups attached to an aromatic ring is 1. The van der Waals surface area contributed by atoms with Crippen LogP contribution in [0.5, 0.6) is 5.75 Å². The van der Waals surface area contributed by atoms with Gasteiger partial charge < -0.3 is 29.6 Å². The predicted octanol–water partition coefficient (Wildman–Crippen LogP) is 3.84. The first kappa shape index (κ1) is 35.9. The molecule has 1 saturated heterocycles. The number of aromatic amines is 1. The van der Waals surface area contributed by atoms with Crippen molar-refractivity contribution in [1.82, 2.24) is 19.9 Å². The third-order valence-electron chi connectivity index (χ3n) is 8.28. The SMILES string of the molecule is CCC(CC)COC(=O)[C@H](C)NP(=O)(OC[C@H]1O[C@@](C#N)(c2ccc3c(N)n[nH]n23)[C@](C)(O)[C@@H]1OC(=O)C(C)C)Oc1ccccc1. The van der Waals surface area contributed by atoms with E-state index in [9.17, 15) is 24.5 Å². The normalized spacial score (nSPS) is 24.6. The quantitative estimate of drug-likeness (QED) is 0.133. The molecule has 4 rings (SSSR count). The lowest BCUT2D eigenvalue weighted by Crippen LogP contribution is -2.54. The van der Waals surface area contributed by atoms with Gasteiger partial charge in [0.15, 0.2) is 11.9 Å². The number of aliphatic hydroxyl groups is 1. The summed E-state index contributed by atoms with van der Waals surface area (Å²) in [5, 5.41) is 31.8. The van der Waals surface area contributed by atoms with E-state index in [2.05, 4.69) is 15.4 Å². The van der Waals surface area contributed by atoms with Crippen molar-refractivity contribution in [3.8, 4) is 11.8 Å². The largest absolute Gasteiger partial charge is 0.464 e. The molecular formula is C31H43N6O9P. The van der Waals surface area contributed by atoms with Gasteiger partial charge in [-0.25, -0.2) is 14.3 Å². The first-order valence-electron chi connectivity index (χ1n) is 15.5. The van der Waals surface area contributed by atoms with Gasteiger partial charge in [-0.15, -0.1) is 5.10 Å². The summed E-state index contributed by atoms with van der Waals surface area (Å²) in [5.74, 6) is -1.46. The zero-order valence-electron chi connectivity index (χ0n) is 27.3. The lowest BCUT2D eigenvalue weighted by atomic mass is 9.80. The molecular weight excluding hydrogens is 631 g/mol. The van der Waals surface area contributed by atoms with Crippen molar-refractivity contribution in [2.45, 2.75) is 83.8 Å². The van der Waals surface area contributed by atoms with Crippen LogP contribution in [-0.2, 0) is 38.5 Å². The number of nitrogens with two attached hydrogens (primary N) is 1. The monoisotopic (exact) mass is 674 g/mol. The minimum atomic E-state index is -4.41. The van der Waals surface area contributed by atoms with E-state index in [4.69, 9.17) is 29.0 Å². The van der Waals surface area contributed by atoms with Crippen molar-refractivity contribution < 1.29 is 42.5 Å². The first-order chi connectivity index (χ1) is 22.2. The Morgan fingerprint density at radius 1 is 1.19 bits per heavy atom. The van der Waals surface area contributed by atoms with E-state index in [-0.39, 0.29) is 29.8 Å². The van der Waals surface area contributed by atoms with Crippen LogP contribution in [0.25, 0.3) is 5.52 Å². The molecule has 16 heteroatoms. The average molecular weight is 675 g/mol. The van der Waals surface area contributed by atoms with Crippen LogP contribution in [0.1, 0.15) is 60.1 Å². The fourth-order valence-corrected chi connectivity index (χ4v) is 6.76. The summed E-state index contributed by atoms with van der Waals surface area (Å²) in [4.78, 5) is 25.7. The third kappa shape index (κ3) is 7.32. The van der Waals surface area contributed by atoms with Crippen LogP contribution in [0, 0.1) is 23.2 Å². The number of rotatable bonds is 15. The molecule has 1 aliphatic heterocycles. The Bertz CT molecular complexity index is 1630. The number of nitriles is 1. The highest BCUT2D eigenvalue weighted by molar-refractivity contribution is 7.52.